The fraction of sp³-hybridized carbons (Fsp3) is 0.600. The van der Waals surface area contributed by atoms with Crippen LogP contribution in [0.15, 0.2) is 0 Å². The minimum Gasteiger partial charge on any atom is -0.328 e. The standard InChI is InChI=1S/C5H8O2.HNO3.Zn/c6-4-2-1-3-5-7;2-1(3)4;/h4-5H,1-3H2;(H,2,3,4);. The van der Waals surface area contributed by atoms with Gasteiger partial charge in [-0.15, -0.1) is 10.1 Å². The number of carbonyl (C=O) groups is 2. The SMILES string of the molecule is O=CCCCC=O.O=[N+]([O-])O.[Zn]. The Balaban J connectivity index is -0.000000142. The summed E-state index contributed by atoms with van der Waals surface area (Å²) in [6.07, 6.45) is 3.37. The van der Waals surface area contributed by atoms with Gasteiger partial charge in [-0.1, -0.05) is 0 Å². The van der Waals surface area contributed by atoms with E-state index in [2.05, 4.69) is 0 Å². The van der Waals surface area contributed by atoms with E-state index >= 15 is 0 Å². The van der Waals surface area contributed by atoms with E-state index in [4.69, 9.17) is 15.3 Å². The van der Waals surface area contributed by atoms with E-state index in [1.165, 1.54) is 0 Å². The number of unbranched alkanes of at least 4 members (excludes halogenated alkanes) is 2. The molecule has 0 saturated heterocycles. The molecule has 0 fully saturated rings. The summed E-state index contributed by atoms with van der Waals surface area (Å²) in [6, 6.07) is 0. The summed E-state index contributed by atoms with van der Waals surface area (Å²) in [7, 11) is 0. The molecule has 0 amide bonds. The summed E-state index contributed by atoms with van der Waals surface area (Å²) in [5, 5.41) is 13.6. The summed E-state index contributed by atoms with van der Waals surface area (Å²) in [5.41, 5.74) is 0. The number of hydrogen-bond acceptors (Lipinski definition) is 4. The molecule has 0 aromatic rings. The molecule has 7 heteroatoms. The van der Waals surface area contributed by atoms with Crippen LogP contribution in [0, 0.1) is 10.1 Å². The van der Waals surface area contributed by atoms with E-state index in [1.807, 2.05) is 0 Å². The van der Waals surface area contributed by atoms with Gasteiger partial charge in [-0.25, -0.2) is 0 Å². The molecular formula is C5H9NO5Zn. The van der Waals surface area contributed by atoms with E-state index in [0.717, 1.165) is 12.6 Å². The van der Waals surface area contributed by atoms with Crippen molar-refractivity contribution in [3.05, 3.63) is 10.1 Å². The molecule has 6 nitrogen and oxygen atoms in total. The Morgan fingerprint density at radius 1 is 1.25 bits per heavy atom. The Hall–Kier alpha value is -0.837. The van der Waals surface area contributed by atoms with Crippen LogP contribution in [0.2, 0.25) is 0 Å². The Bertz CT molecular complexity index is 117. The normalized spacial score (nSPS) is 6.67. The fourth-order valence-corrected chi connectivity index (χ4v) is 0.285. The van der Waals surface area contributed by atoms with Crippen molar-refractivity contribution >= 4 is 12.6 Å². The summed E-state index contributed by atoms with van der Waals surface area (Å²) in [6.45, 7) is 0. The van der Waals surface area contributed by atoms with Gasteiger partial charge in [0.05, 0.1) is 0 Å². The summed E-state index contributed by atoms with van der Waals surface area (Å²) < 4.78 is 0. The Kier molecular flexibility index (Phi) is 24.0. The van der Waals surface area contributed by atoms with Crippen molar-refractivity contribution in [3.8, 4) is 0 Å². The van der Waals surface area contributed by atoms with Gasteiger partial charge in [0.25, 0.3) is 5.09 Å². The first-order chi connectivity index (χ1) is 5.15. The number of carbonyl (C=O) groups excluding carboxylic acids is 2. The van der Waals surface area contributed by atoms with Crippen molar-refractivity contribution in [2.45, 2.75) is 19.3 Å². The second-order valence-corrected chi connectivity index (χ2v) is 1.50. The second kappa shape index (κ2) is 16.6. The van der Waals surface area contributed by atoms with E-state index in [1.54, 1.807) is 0 Å². The second-order valence-electron chi connectivity index (χ2n) is 1.50. The number of rotatable bonds is 4. The van der Waals surface area contributed by atoms with E-state index in [-0.39, 0.29) is 19.5 Å². The molecule has 0 aromatic carbocycles. The van der Waals surface area contributed by atoms with Gasteiger partial charge >= 0.3 is 0 Å². The van der Waals surface area contributed by atoms with Crippen molar-refractivity contribution in [3.63, 3.8) is 0 Å². The molecule has 0 bridgehead atoms. The molecule has 0 spiro atoms. The first-order valence-corrected chi connectivity index (χ1v) is 2.85. The molecular weight excluding hydrogens is 219 g/mol. The fourth-order valence-electron chi connectivity index (χ4n) is 0.285. The molecule has 0 unspecified atom stereocenters. The average Bonchev–Trinajstić information content (AvgIpc) is 1.88. The maximum atomic E-state index is 9.56. The van der Waals surface area contributed by atoms with Crippen LogP contribution in [-0.2, 0) is 29.1 Å². The zero-order chi connectivity index (χ0) is 9.11. The Labute approximate surface area is 81.8 Å². The summed E-state index contributed by atoms with van der Waals surface area (Å²) in [4.78, 5) is 27.5. The van der Waals surface area contributed by atoms with Gasteiger partial charge in [0.2, 0.25) is 0 Å². The Morgan fingerprint density at radius 3 is 1.67 bits per heavy atom. The molecule has 1 N–H and O–H groups in total. The first-order valence-electron chi connectivity index (χ1n) is 2.85. The van der Waals surface area contributed by atoms with E-state index in [0.29, 0.717) is 19.3 Å². The quantitative estimate of drug-likeness (QED) is 0.244. The molecule has 12 heavy (non-hydrogen) atoms. The van der Waals surface area contributed by atoms with Crippen LogP contribution in [0.5, 0.6) is 0 Å². The van der Waals surface area contributed by atoms with Crippen LogP contribution < -0.4 is 0 Å². The zero-order valence-electron chi connectivity index (χ0n) is 6.51. The third-order valence-electron chi connectivity index (χ3n) is 0.644. The molecule has 0 radical (unpaired) electrons. The average molecular weight is 229 g/mol. The molecule has 0 heterocycles. The molecule has 66 valence electrons. The van der Waals surface area contributed by atoms with Crippen LogP contribution >= 0.6 is 0 Å². The number of aldehydes is 2. The van der Waals surface area contributed by atoms with Crippen molar-refractivity contribution in [1.82, 2.24) is 0 Å². The van der Waals surface area contributed by atoms with Gasteiger partial charge in [-0.2, -0.15) is 0 Å². The molecule has 0 aromatic heterocycles. The number of nitrogens with zero attached hydrogens (tertiary/aromatic N) is 1. The van der Waals surface area contributed by atoms with Gasteiger partial charge in [0, 0.05) is 32.3 Å². The van der Waals surface area contributed by atoms with Gasteiger partial charge in [-0.05, 0) is 6.42 Å². The van der Waals surface area contributed by atoms with Gasteiger partial charge in [-0.3, -0.25) is 0 Å². The minimum atomic E-state index is -1.50. The predicted molar refractivity (Wildman–Crippen MR) is 34.8 cm³/mol. The molecule has 0 atom stereocenters. The monoisotopic (exact) mass is 227 g/mol. The van der Waals surface area contributed by atoms with Crippen LogP contribution in [0.4, 0.5) is 0 Å². The zero-order valence-corrected chi connectivity index (χ0v) is 9.48. The van der Waals surface area contributed by atoms with E-state index in [9.17, 15) is 9.59 Å². The van der Waals surface area contributed by atoms with Crippen LogP contribution in [-0.4, -0.2) is 22.9 Å². The maximum absolute atomic E-state index is 9.56. The van der Waals surface area contributed by atoms with Crippen molar-refractivity contribution in [1.29, 1.82) is 0 Å². The van der Waals surface area contributed by atoms with Gasteiger partial charge < -0.3 is 14.8 Å². The maximum Gasteiger partial charge on any atom is 0.291 e. The molecule has 0 aliphatic carbocycles. The van der Waals surface area contributed by atoms with Crippen molar-refractivity contribution < 1.29 is 39.4 Å². The third kappa shape index (κ3) is 61.0. The topological polar surface area (TPSA) is 97.5 Å². The van der Waals surface area contributed by atoms with Gasteiger partial charge in [0.15, 0.2) is 0 Å². The van der Waals surface area contributed by atoms with Crippen LogP contribution in [0.25, 0.3) is 0 Å². The minimum absolute atomic E-state index is 0. The predicted octanol–water partition coefficient (Wildman–Crippen LogP) is 0.204. The molecule has 0 saturated carbocycles. The van der Waals surface area contributed by atoms with E-state index < -0.39 is 5.09 Å². The van der Waals surface area contributed by atoms with Crippen molar-refractivity contribution in [2.75, 3.05) is 0 Å². The molecule has 0 rings (SSSR count). The Morgan fingerprint density at radius 2 is 1.50 bits per heavy atom. The summed E-state index contributed by atoms with van der Waals surface area (Å²) in [5.74, 6) is 0. The largest absolute Gasteiger partial charge is 0.328 e. The number of hydrogen-bond donors (Lipinski definition) is 1. The summed E-state index contributed by atoms with van der Waals surface area (Å²) >= 11 is 0. The first kappa shape index (κ1) is 17.3. The van der Waals surface area contributed by atoms with Crippen molar-refractivity contribution in [2.24, 2.45) is 0 Å². The van der Waals surface area contributed by atoms with Crippen LogP contribution in [0.1, 0.15) is 19.3 Å². The molecule has 0 aliphatic rings. The molecule has 0 aliphatic heterocycles. The van der Waals surface area contributed by atoms with Crippen LogP contribution in [0.3, 0.4) is 0 Å². The third-order valence-corrected chi connectivity index (χ3v) is 0.644. The van der Waals surface area contributed by atoms with Gasteiger partial charge in [0.1, 0.15) is 12.6 Å². The smallest absolute Gasteiger partial charge is 0.291 e.